The normalized spacial score (nSPS) is 32.8. The monoisotopic (exact) mass is 170 g/mol. The van der Waals surface area contributed by atoms with Gasteiger partial charge in [-0.3, -0.25) is 0 Å². The lowest BCUT2D eigenvalue weighted by molar-refractivity contribution is 0.121. The van der Waals surface area contributed by atoms with E-state index in [-0.39, 0.29) is 5.54 Å². The summed E-state index contributed by atoms with van der Waals surface area (Å²) in [5.74, 6) is 0.604. The molecule has 2 nitrogen and oxygen atoms in total. The molecule has 0 radical (unpaired) electrons. The van der Waals surface area contributed by atoms with E-state index in [1.807, 2.05) is 0 Å². The number of rotatable bonds is 2. The van der Waals surface area contributed by atoms with Crippen molar-refractivity contribution in [1.29, 1.82) is 0 Å². The van der Waals surface area contributed by atoms with E-state index in [4.69, 9.17) is 5.73 Å². The number of nitrogens with two attached hydrogens (primary N) is 1. The zero-order valence-electron chi connectivity index (χ0n) is 8.64. The molecule has 1 atom stereocenters. The van der Waals surface area contributed by atoms with Crippen molar-refractivity contribution in [3.8, 4) is 0 Å². The maximum atomic E-state index is 6.33. The fraction of sp³-hybridized carbons (Fsp3) is 1.00. The Morgan fingerprint density at radius 1 is 1.50 bits per heavy atom. The first-order chi connectivity index (χ1) is 5.58. The number of piperidine rings is 1. The summed E-state index contributed by atoms with van der Waals surface area (Å²) in [6.45, 7) is 10.2. The van der Waals surface area contributed by atoms with E-state index < -0.39 is 0 Å². The average Bonchev–Trinajstić information content (AvgIpc) is 2.04. The van der Waals surface area contributed by atoms with Crippen molar-refractivity contribution in [2.75, 3.05) is 19.6 Å². The predicted octanol–water partition coefficient (Wildman–Crippen LogP) is 1.46. The van der Waals surface area contributed by atoms with Gasteiger partial charge in [-0.25, -0.2) is 0 Å². The van der Waals surface area contributed by atoms with Crippen LogP contribution in [0.3, 0.4) is 0 Å². The summed E-state index contributed by atoms with van der Waals surface area (Å²) in [5, 5.41) is 0. The van der Waals surface area contributed by atoms with Crippen LogP contribution in [0.4, 0.5) is 0 Å². The zero-order chi connectivity index (χ0) is 9.19. The fourth-order valence-electron chi connectivity index (χ4n) is 1.95. The summed E-state index contributed by atoms with van der Waals surface area (Å²) in [6, 6.07) is 0. The minimum absolute atomic E-state index is 0.0776. The Morgan fingerprint density at radius 2 is 2.17 bits per heavy atom. The summed E-state index contributed by atoms with van der Waals surface area (Å²) >= 11 is 0. The van der Waals surface area contributed by atoms with Crippen LogP contribution in [0.25, 0.3) is 0 Å². The maximum Gasteiger partial charge on any atom is 0.0307 e. The van der Waals surface area contributed by atoms with Crippen LogP contribution in [0.5, 0.6) is 0 Å². The van der Waals surface area contributed by atoms with Crippen molar-refractivity contribution >= 4 is 0 Å². The SMILES string of the molecule is CCN1CCCC(N)(C(C)C)C1. The second-order valence-corrected chi connectivity index (χ2v) is 4.36. The quantitative estimate of drug-likeness (QED) is 0.680. The third kappa shape index (κ3) is 1.99. The van der Waals surface area contributed by atoms with Crippen LogP contribution < -0.4 is 5.73 Å². The van der Waals surface area contributed by atoms with Gasteiger partial charge in [0.1, 0.15) is 0 Å². The van der Waals surface area contributed by atoms with Gasteiger partial charge in [0, 0.05) is 12.1 Å². The lowest BCUT2D eigenvalue weighted by atomic mass is 9.80. The van der Waals surface area contributed by atoms with Crippen molar-refractivity contribution < 1.29 is 0 Å². The van der Waals surface area contributed by atoms with E-state index >= 15 is 0 Å². The van der Waals surface area contributed by atoms with Crippen LogP contribution in [0.2, 0.25) is 0 Å². The molecule has 72 valence electrons. The Morgan fingerprint density at radius 3 is 2.67 bits per heavy atom. The van der Waals surface area contributed by atoms with E-state index in [1.54, 1.807) is 0 Å². The summed E-state index contributed by atoms with van der Waals surface area (Å²) in [4.78, 5) is 2.46. The molecule has 1 heterocycles. The van der Waals surface area contributed by atoms with Gasteiger partial charge in [-0.05, 0) is 31.8 Å². The van der Waals surface area contributed by atoms with Gasteiger partial charge in [-0.2, -0.15) is 0 Å². The summed E-state index contributed by atoms with van der Waals surface area (Å²) in [5.41, 5.74) is 6.40. The molecule has 0 spiro atoms. The molecule has 2 heteroatoms. The van der Waals surface area contributed by atoms with Gasteiger partial charge >= 0.3 is 0 Å². The topological polar surface area (TPSA) is 29.3 Å². The van der Waals surface area contributed by atoms with E-state index in [9.17, 15) is 0 Å². The molecular formula is C10H22N2. The zero-order valence-corrected chi connectivity index (χ0v) is 8.64. The Kier molecular flexibility index (Phi) is 3.13. The van der Waals surface area contributed by atoms with Crippen molar-refractivity contribution in [1.82, 2.24) is 4.90 Å². The second-order valence-electron chi connectivity index (χ2n) is 4.36. The van der Waals surface area contributed by atoms with Crippen LogP contribution >= 0.6 is 0 Å². The molecule has 1 unspecified atom stereocenters. The standard InChI is InChI=1S/C10H22N2/c1-4-12-7-5-6-10(11,8-12)9(2)3/h9H,4-8,11H2,1-3H3. The molecule has 1 aliphatic heterocycles. The molecule has 2 N–H and O–H groups in total. The van der Waals surface area contributed by atoms with Crippen molar-refractivity contribution in [3.05, 3.63) is 0 Å². The molecule has 12 heavy (non-hydrogen) atoms. The highest BCUT2D eigenvalue weighted by atomic mass is 15.2. The number of likely N-dealkylation sites (N-methyl/N-ethyl adjacent to an activating group) is 1. The Labute approximate surface area is 76.1 Å². The van der Waals surface area contributed by atoms with E-state index in [0.717, 1.165) is 13.1 Å². The molecule has 0 amide bonds. The van der Waals surface area contributed by atoms with Gasteiger partial charge in [0.2, 0.25) is 0 Å². The van der Waals surface area contributed by atoms with Crippen molar-refractivity contribution in [2.24, 2.45) is 11.7 Å². The van der Waals surface area contributed by atoms with Crippen LogP contribution in [0.15, 0.2) is 0 Å². The van der Waals surface area contributed by atoms with E-state index in [2.05, 4.69) is 25.7 Å². The molecule has 1 rings (SSSR count). The van der Waals surface area contributed by atoms with Crippen LogP contribution in [-0.2, 0) is 0 Å². The highest BCUT2D eigenvalue weighted by Crippen LogP contribution is 2.25. The number of hydrogen-bond donors (Lipinski definition) is 1. The largest absolute Gasteiger partial charge is 0.324 e. The van der Waals surface area contributed by atoms with Gasteiger partial charge in [0.05, 0.1) is 0 Å². The number of likely N-dealkylation sites (tertiary alicyclic amines) is 1. The minimum Gasteiger partial charge on any atom is -0.324 e. The maximum absolute atomic E-state index is 6.33. The van der Waals surface area contributed by atoms with Gasteiger partial charge in [-0.1, -0.05) is 20.8 Å². The highest BCUT2D eigenvalue weighted by molar-refractivity contribution is 4.93. The Balaban J connectivity index is 2.54. The Bertz CT molecular complexity index is 145. The van der Waals surface area contributed by atoms with E-state index in [1.165, 1.54) is 19.4 Å². The van der Waals surface area contributed by atoms with Crippen molar-refractivity contribution in [3.63, 3.8) is 0 Å². The second kappa shape index (κ2) is 3.75. The lowest BCUT2D eigenvalue weighted by Crippen LogP contribution is -2.57. The third-order valence-electron chi connectivity index (χ3n) is 3.23. The van der Waals surface area contributed by atoms with Gasteiger partial charge < -0.3 is 10.6 Å². The molecule has 1 saturated heterocycles. The molecular weight excluding hydrogens is 148 g/mol. The van der Waals surface area contributed by atoms with Crippen LogP contribution in [0, 0.1) is 5.92 Å². The smallest absolute Gasteiger partial charge is 0.0307 e. The van der Waals surface area contributed by atoms with Crippen LogP contribution in [0.1, 0.15) is 33.6 Å². The summed E-state index contributed by atoms with van der Waals surface area (Å²) in [6.07, 6.45) is 2.46. The average molecular weight is 170 g/mol. The first kappa shape index (κ1) is 10.0. The highest BCUT2D eigenvalue weighted by Gasteiger charge is 2.33. The molecule has 0 aliphatic carbocycles. The van der Waals surface area contributed by atoms with Gasteiger partial charge in [-0.15, -0.1) is 0 Å². The molecule has 0 bridgehead atoms. The van der Waals surface area contributed by atoms with Crippen LogP contribution in [-0.4, -0.2) is 30.1 Å². The molecule has 1 aliphatic rings. The number of nitrogens with zero attached hydrogens (tertiary/aromatic N) is 1. The molecule has 0 aromatic rings. The van der Waals surface area contributed by atoms with Gasteiger partial charge in [0.25, 0.3) is 0 Å². The molecule has 0 aromatic heterocycles. The minimum atomic E-state index is 0.0776. The molecule has 1 fully saturated rings. The summed E-state index contributed by atoms with van der Waals surface area (Å²) < 4.78 is 0. The van der Waals surface area contributed by atoms with E-state index in [0.29, 0.717) is 5.92 Å². The predicted molar refractivity (Wildman–Crippen MR) is 53.1 cm³/mol. The van der Waals surface area contributed by atoms with Gasteiger partial charge in [0.15, 0.2) is 0 Å². The fourth-order valence-corrected chi connectivity index (χ4v) is 1.95. The first-order valence-electron chi connectivity index (χ1n) is 5.09. The molecule has 0 aromatic carbocycles. The number of hydrogen-bond acceptors (Lipinski definition) is 2. The molecule has 0 saturated carbocycles. The lowest BCUT2D eigenvalue weighted by Gasteiger charge is -2.42. The Hall–Kier alpha value is -0.0800. The first-order valence-corrected chi connectivity index (χ1v) is 5.09. The third-order valence-corrected chi connectivity index (χ3v) is 3.23. The van der Waals surface area contributed by atoms with Crippen molar-refractivity contribution in [2.45, 2.75) is 39.2 Å². The summed E-state index contributed by atoms with van der Waals surface area (Å²) in [7, 11) is 0.